The molecule has 6 heteroatoms. The van der Waals surface area contributed by atoms with Crippen molar-refractivity contribution in [1.29, 1.82) is 0 Å². The zero-order chi connectivity index (χ0) is 27.7. The third-order valence-electron chi connectivity index (χ3n) is 6.91. The molecule has 2 aromatic heterocycles. The minimum atomic E-state index is 0.119. The van der Waals surface area contributed by atoms with E-state index in [1.165, 1.54) is 16.7 Å². The average molecular weight is 527 g/mol. The molecule has 0 unspecified atom stereocenters. The van der Waals surface area contributed by atoms with Crippen LogP contribution in [0.1, 0.15) is 11.1 Å². The summed E-state index contributed by atoms with van der Waals surface area (Å²) in [5.74, 6) is 0.119. The molecule has 200 valence electrons. The van der Waals surface area contributed by atoms with Crippen molar-refractivity contribution < 1.29 is 0 Å². The molecule has 40 heavy (non-hydrogen) atoms. The Kier molecular flexibility index (Phi) is 8.59. The van der Waals surface area contributed by atoms with Crippen molar-refractivity contribution in [2.45, 2.75) is 12.8 Å². The number of pyridine rings is 2. The first-order valence-corrected chi connectivity index (χ1v) is 13.5. The molecule has 5 rings (SSSR count). The first-order chi connectivity index (χ1) is 19.6. The van der Waals surface area contributed by atoms with Gasteiger partial charge in [0, 0.05) is 53.6 Å². The number of aromatic nitrogens is 2. The number of nitrogens with two attached hydrogens (primary N) is 2. The van der Waals surface area contributed by atoms with Crippen LogP contribution in [0.5, 0.6) is 0 Å². The van der Waals surface area contributed by atoms with Crippen LogP contribution in [0.15, 0.2) is 115 Å². The molecule has 0 saturated carbocycles. The lowest BCUT2D eigenvalue weighted by Gasteiger charge is -2.10. The second-order valence-electron chi connectivity index (χ2n) is 9.81. The van der Waals surface area contributed by atoms with Gasteiger partial charge in [0.15, 0.2) is 5.96 Å². The number of aliphatic imine (C=N–C) groups is 1. The van der Waals surface area contributed by atoms with Crippen molar-refractivity contribution in [3.8, 4) is 44.5 Å². The number of hydrogen-bond donors (Lipinski definition) is 3. The van der Waals surface area contributed by atoms with Crippen LogP contribution < -0.4 is 16.8 Å². The van der Waals surface area contributed by atoms with Crippen LogP contribution in [-0.2, 0) is 12.8 Å². The molecule has 0 fully saturated rings. The number of nitrogens with one attached hydrogen (secondary N) is 1. The van der Waals surface area contributed by atoms with Gasteiger partial charge in [0.1, 0.15) is 0 Å². The van der Waals surface area contributed by atoms with Gasteiger partial charge in [0.25, 0.3) is 0 Å². The Bertz CT molecular complexity index is 1600. The van der Waals surface area contributed by atoms with Crippen LogP contribution in [0.2, 0.25) is 0 Å². The van der Waals surface area contributed by atoms with Gasteiger partial charge in [-0.1, -0.05) is 72.8 Å². The lowest BCUT2D eigenvalue weighted by Crippen LogP contribution is -2.23. The molecule has 0 spiro atoms. The molecule has 2 heterocycles. The van der Waals surface area contributed by atoms with Gasteiger partial charge in [-0.25, -0.2) is 0 Å². The van der Waals surface area contributed by atoms with E-state index in [4.69, 9.17) is 11.5 Å². The molecule has 0 aliphatic heterocycles. The molecule has 0 bridgehead atoms. The molecule has 0 saturated heterocycles. The Labute approximate surface area is 235 Å². The number of rotatable bonds is 10. The summed E-state index contributed by atoms with van der Waals surface area (Å²) in [5, 5.41) is 3.22. The fourth-order valence-corrected chi connectivity index (χ4v) is 4.76. The average Bonchev–Trinajstić information content (AvgIpc) is 3.00. The minimum absolute atomic E-state index is 0.119. The highest BCUT2D eigenvalue weighted by molar-refractivity contribution is 5.77. The predicted molar refractivity (Wildman–Crippen MR) is 166 cm³/mol. The topological polar surface area (TPSA) is 102 Å². The van der Waals surface area contributed by atoms with E-state index in [2.05, 4.69) is 105 Å². The predicted octanol–water partition coefficient (Wildman–Crippen LogP) is 5.72. The molecule has 0 aliphatic rings. The lowest BCUT2D eigenvalue weighted by atomic mass is 9.97. The van der Waals surface area contributed by atoms with E-state index in [0.29, 0.717) is 6.54 Å². The Morgan fingerprint density at radius 3 is 1.55 bits per heavy atom. The van der Waals surface area contributed by atoms with Crippen LogP contribution >= 0.6 is 0 Å². The molecule has 0 radical (unpaired) electrons. The van der Waals surface area contributed by atoms with E-state index in [0.717, 1.165) is 58.3 Å². The molecule has 0 amide bonds. The maximum atomic E-state index is 5.46. The van der Waals surface area contributed by atoms with Gasteiger partial charge >= 0.3 is 0 Å². The monoisotopic (exact) mass is 526 g/mol. The van der Waals surface area contributed by atoms with Crippen molar-refractivity contribution in [3.63, 3.8) is 0 Å². The van der Waals surface area contributed by atoms with Gasteiger partial charge < -0.3 is 16.8 Å². The number of likely N-dealkylation sites (N-methyl/N-ethyl adjacent to an activating group) is 1. The molecule has 5 N–H and O–H groups in total. The summed E-state index contributed by atoms with van der Waals surface area (Å²) in [5.41, 5.74) is 22.3. The molecular formula is C34H34N6. The van der Waals surface area contributed by atoms with Crippen molar-refractivity contribution in [1.82, 2.24) is 15.3 Å². The van der Waals surface area contributed by atoms with Crippen molar-refractivity contribution in [2.75, 3.05) is 20.1 Å². The van der Waals surface area contributed by atoms with Gasteiger partial charge in [-0.2, -0.15) is 0 Å². The van der Waals surface area contributed by atoms with Gasteiger partial charge in [0.05, 0.1) is 0 Å². The normalized spacial score (nSPS) is 10.8. The Morgan fingerprint density at radius 2 is 1.07 bits per heavy atom. The minimum Gasteiger partial charge on any atom is -0.370 e. The zero-order valence-corrected chi connectivity index (χ0v) is 22.7. The number of guanidine groups is 1. The number of hydrogen-bond acceptors (Lipinski definition) is 4. The summed E-state index contributed by atoms with van der Waals surface area (Å²) in [6.45, 7) is 1.53. The quantitative estimate of drug-likeness (QED) is 0.160. The largest absolute Gasteiger partial charge is 0.370 e. The second kappa shape index (κ2) is 12.8. The molecule has 6 nitrogen and oxygen atoms in total. The summed E-state index contributed by atoms with van der Waals surface area (Å²) < 4.78 is 0. The summed E-state index contributed by atoms with van der Waals surface area (Å²) in [7, 11) is 1.98. The summed E-state index contributed by atoms with van der Waals surface area (Å²) in [4.78, 5) is 13.2. The molecule has 3 aromatic carbocycles. The molecular weight excluding hydrogens is 492 g/mol. The van der Waals surface area contributed by atoms with Crippen LogP contribution in [0.4, 0.5) is 0 Å². The molecule has 0 aliphatic carbocycles. The van der Waals surface area contributed by atoms with E-state index < -0.39 is 0 Å². The first-order valence-electron chi connectivity index (χ1n) is 13.5. The summed E-state index contributed by atoms with van der Waals surface area (Å²) in [6.07, 6.45) is 9.44. The SMILES string of the molecule is CNCCc1cccc(-c2cncc(-c3ccc(-c4cncc(-c5cccc(CCN=C(N)N)c5)c4)cc3)c2)c1. The molecule has 0 atom stereocenters. The maximum absolute atomic E-state index is 5.46. The number of nitrogens with zero attached hydrogens (tertiary/aromatic N) is 3. The van der Waals surface area contributed by atoms with Gasteiger partial charge in [-0.15, -0.1) is 0 Å². The highest BCUT2D eigenvalue weighted by Gasteiger charge is 2.07. The van der Waals surface area contributed by atoms with Crippen LogP contribution in [-0.4, -0.2) is 36.1 Å². The lowest BCUT2D eigenvalue weighted by molar-refractivity contribution is 0.792. The first kappa shape index (κ1) is 26.8. The third kappa shape index (κ3) is 6.79. The Balaban J connectivity index is 1.34. The van der Waals surface area contributed by atoms with Gasteiger partial charge in [-0.3, -0.25) is 15.0 Å². The van der Waals surface area contributed by atoms with Gasteiger partial charge in [-0.05, 0) is 71.9 Å². The van der Waals surface area contributed by atoms with E-state index in [-0.39, 0.29) is 5.96 Å². The second-order valence-corrected chi connectivity index (χ2v) is 9.81. The highest BCUT2D eigenvalue weighted by Crippen LogP contribution is 2.30. The number of benzene rings is 3. The van der Waals surface area contributed by atoms with Crippen molar-refractivity contribution in [2.24, 2.45) is 16.5 Å². The standard InChI is InChI=1S/C34H34N6/c1-37-14-12-24-4-2-6-28(16-24)32-18-30(20-38-22-32)26-8-10-27(11-9-26)31-19-33(23-39-21-31)29-7-3-5-25(17-29)13-15-40-34(35)36/h2-11,16-23,37H,12-15H2,1H3,(H4,35,36,40). The van der Waals surface area contributed by atoms with Crippen molar-refractivity contribution in [3.05, 3.63) is 121 Å². The van der Waals surface area contributed by atoms with Gasteiger partial charge in [0.2, 0.25) is 0 Å². The van der Waals surface area contributed by atoms with Crippen LogP contribution in [0.3, 0.4) is 0 Å². The third-order valence-corrected chi connectivity index (χ3v) is 6.91. The fourth-order valence-electron chi connectivity index (χ4n) is 4.76. The summed E-state index contributed by atoms with van der Waals surface area (Å²) in [6, 6.07) is 30.1. The fraction of sp³-hybridized carbons (Fsp3) is 0.147. The maximum Gasteiger partial charge on any atom is 0.185 e. The van der Waals surface area contributed by atoms with Crippen LogP contribution in [0, 0.1) is 0 Å². The van der Waals surface area contributed by atoms with E-state index >= 15 is 0 Å². The van der Waals surface area contributed by atoms with E-state index in [1.54, 1.807) is 0 Å². The zero-order valence-electron chi connectivity index (χ0n) is 22.7. The molecule has 5 aromatic rings. The van der Waals surface area contributed by atoms with E-state index in [1.807, 2.05) is 31.8 Å². The van der Waals surface area contributed by atoms with Crippen LogP contribution in [0.25, 0.3) is 44.5 Å². The summed E-state index contributed by atoms with van der Waals surface area (Å²) >= 11 is 0. The highest BCUT2D eigenvalue weighted by atomic mass is 15.0. The Morgan fingerprint density at radius 1 is 0.600 bits per heavy atom. The Hall–Kier alpha value is -4.81. The van der Waals surface area contributed by atoms with Crippen molar-refractivity contribution >= 4 is 5.96 Å². The smallest absolute Gasteiger partial charge is 0.185 e. The van der Waals surface area contributed by atoms with E-state index in [9.17, 15) is 0 Å².